The highest BCUT2D eigenvalue weighted by molar-refractivity contribution is 5.76. The average Bonchev–Trinajstić information content (AvgIpc) is 2.12. The minimum atomic E-state index is 0.00838. The molecule has 0 aromatic carbocycles. The lowest BCUT2D eigenvalue weighted by Gasteiger charge is -2.10. The van der Waals surface area contributed by atoms with Gasteiger partial charge in [0, 0.05) is 25.6 Å². The highest BCUT2D eigenvalue weighted by Gasteiger charge is 2.04. The van der Waals surface area contributed by atoms with Gasteiger partial charge < -0.3 is 15.8 Å². The third-order valence-corrected chi connectivity index (χ3v) is 1.58. The molecule has 0 aliphatic heterocycles. The van der Waals surface area contributed by atoms with Crippen LogP contribution < -0.4 is 11.1 Å². The molecule has 1 amide bonds. The third kappa shape index (κ3) is 7.74. The first-order valence-electron chi connectivity index (χ1n) is 4.77. The summed E-state index contributed by atoms with van der Waals surface area (Å²) in [6.45, 7) is 5.61. The first kappa shape index (κ1) is 12.4. The van der Waals surface area contributed by atoms with Gasteiger partial charge in [-0.05, 0) is 13.3 Å². The van der Waals surface area contributed by atoms with Crippen LogP contribution in [0.5, 0.6) is 0 Å². The second kappa shape index (κ2) is 8.01. The molecule has 0 aromatic heterocycles. The number of carbonyl (C=O) groups is 1. The van der Waals surface area contributed by atoms with Crippen LogP contribution >= 0.6 is 0 Å². The molecule has 3 N–H and O–H groups in total. The van der Waals surface area contributed by atoms with Crippen LogP contribution in [0.1, 0.15) is 26.7 Å². The molecule has 0 aromatic rings. The molecule has 0 aliphatic rings. The van der Waals surface area contributed by atoms with Crippen LogP contribution in [0.15, 0.2) is 0 Å². The van der Waals surface area contributed by atoms with E-state index >= 15 is 0 Å². The summed E-state index contributed by atoms with van der Waals surface area (Å²) in [5.41, 5.74) is 5.35. The molecule has 0 saturated carbocycles. The molecule has 4 nitrogen and oxygen atoms in total. The fourth-order valence-electron chi connectivity index (χ4n) is 0.817. The summed E-state index contributed by atoms with van der Waals surface area (Å²) in [4.78, 5) is 11.1. The molecule has 0 saturated heterocycles. The number of nitrogens with one attached hydrogen (secondary N) is 1. The number of ether oxygens (including phenoxy) is 1. The topological polar surface area (TPSA) is 64.3 Å². The molecule has 0 aliphatic carbocycles. The Morgan fingerprint density at radius 1 is 1.54 bits per heavy atom. The van der Waals surface area contributed by atoms with Gasteiger partial charge >= 0.3 is 0 Å². The van der Waals surface area contributed by atoms with E-state index < -0.39 is 0 Å². The molecular weight excluding hydrogens is 168 g/mol. The quantitative estimate of drug-likeness (QED) is 0.563. The van der Waals surface area contributed by atoms with Gasteiger partial charge in [0.05, 0.1) is 6.61 Å². The fraction of sp³-hybridized carbons (Fsp3) is 0.889. The Labute approximate surface area is 79.8 Å². The van der Waals surface area contributed by atoms with Crippen LogP contribution in [-0.4, -0.2) is 31.7 Å². The molecule has 13 heavy (non-hydrogen) atoms. The zero-order chi connectivity index (χ0) is 10.1. The number of hydrogen-bond acceptors (Lipinski definition) is 3. The van der Waals surface area contributed by atoms with Crippen LogP contribution in [-0.2, 0) is 9.53 Å². The van der Waals surface area contributed by atoms with E-state index in [2.05, 4.69) is 5.32 Å². The second-order valence-corrected chi connectivity index (χ2v) is 3.07. The highest BCUT2D eigenvalue weighted by Crippen LogP contribution is 1.87. The maximum absolute atomic E-state index is 11.1. The zero-order valence-electron chi connectivity index (χ0n) is 8.51. The minimum absolute atomic E-state index is 0.00838. The van der Waals surface area contributed by atoms with Crippen molar-refractivity contribution in [2.24, 2.45) is 5.73 Å². The molecule has 0 spiro atoms. The predicted molar refractivity (Wildman–Crippen MR) is 52.4 cm³/mol. The molecule has 78 valence electrons. The molecule has 1 atom stereocenters. The lowest BCUT2D eigenvalue weighted by Crippen LogP contribution is -2.38. The summed E-state index contributed by atoms with van der Waals surface area (Å²) in [5.74, 6) is 0.00838. The molecule has 0 heterocycles. The Morgan fingerprint density at radius 3 is 2.77 bits per heavy atom. The normalized spacial score (nSPS) is 12.5. The largest absolute Gasteiger partial charge is 0.381 e. The van der Waals surface area contributed by atoms with Crippen molar-refractivity contribution in [1.82, 2.24) is 5.32 Å². The molecule has 0 radical (unpaired) electrons. The van der Waals surface area contributed by atoms with E-state index in [0.29, 0.717) is 19.6 Å². The number of nitrogens with two attached hydrogens (primary N) is 1. The Hall–Kier alpha value is -0.610. The number of carbonyl (C=O) groups excluding carboxylic acids is 1. The summed E-state index contributed by atoms with van der Waals surface area (Å²) in [5, 5.41) is 2.76. The summed E-state index contributed by atoms with van der Waals surface area (Å²) in [7, 11) is 0. The maximum atomic E-state index is 11.1. The smallest absolute Gasteiger partial charge is 0.222 e. The van der Waals surface area contributed by atoms with E-state index in [1.807, 2.05) is 13.8 Å². The molecular formula is C9H20N2O2. The van der Waals surface area contributed by atoms with E-state index in [1.165, 1.54) is 0 Å². The third-order valence-electron chi connectivity index (χ3n) is 1.58. The van der Waals surface area contributed by atoms with Gasteiger partial charge in [-0.1, -0.05) is 6.92 Å². The number of amides is 1. The van der Waals surface area contributed by atoms with Crippen LogP contribution in [0.2, 0.25) is 0 Å². The lowest BCUT2D eigenvalue weighted by molar-refractivity contribution is -0.122. The standard InChI is InChI=1S/C9H20N2O2/c1-3-5-13-6-4-9(12)11-8(2)7-10/h8H,3-7,10H2,1-2H3,(H,11,12). The Bertz CT molecular complexity index is 140. The monoisotopic (exact) mass is 188 g/mol. The molecule has 4 heteroatoms. The lowest BCUT2D eigenvalue weighted by atomic mass is 10.3. The Balaban J connectivity index is 3.30. The van der Waals surface area contributed by atoms with E-state index in [0.717, 1.165) is 13.0 Å². The van der Waals surface area contributed by atoms with Gasteiger partial charge in [-0.3, -0.25) is 4.79 Å². The van der Waals surface area contributed by atoms with Crippen LogP contribution in [0.3, 0.4) is 0 Å². The van der Waals surface area contributed by atoms with Crippen molar-refractivity contribution < 1.29 is 9.53 Å². The maximum Gasteiger partial charge on any atom is 0.222 e. The Kier molecular flexibility index (Phi) is 7.63. The minimum Gasteiger partial charge on any atom is -0.381 e. The summed E-state index contributed by atoms with van der Waals surface area (Å²) in [6, 6.07) is 0.0543. The van der Waals surface area contributed by atoms with Gasteiger partial charge in [-0.2, -0.15) is 0 Å². The molecule has 0 fully saturated rings. The SMILES string of the molecule is CCCOCCC(=O)NC(C)CN. The molecule has 0 bridgehead atoms. The van der Waals surface area contributed by atoms with Crippen molar-refractivity contribution in [3.8, 4) is 0 Å². The van der Waals surface area contributed by atoms with Crippen LogP contribution in [0.4, 0.5) is 0 Å². The van der Waals surface area contributed by atoms with Crippen molar-refractivity contribution in [2.45, 2.75) is 32.7 Å². The number of rotatable bonds is 7. The molecule has 0 rings (SSSR count). The van der Waals surface area contributed by atoms with Gasteiger partial charge in [0.2, 0.25) is 5.91 Å². The molecule has 1 unspecified atom stereocenters. The van der Waals surface area contributed by atoms with Crippen molar-refractivity contribution >= 4 is 5.91 Å². The van der Waals surface area contributed by atoms with Gasteiger partial charge in [-0.15, -0.1) is 0 Å². The Morgan fingerprint density at radius 2 is 2.23 bits per heavy atom. The fourth-order valence-corrected chi connectivity index (χ4v) is 0.817. The van der Waals surface area contributed by atoms with Crippen molar-refractivity contribution in [2.75, 3.05) is 19.8 Å². The van der Waals surface area contributed by atoms with Gasteiger partial charge in [-0.25, -0.2) is 0 Å². The summed E-state index contributed by atoms with van der Waals surface area (Å²) in [6.07, 6.45) is 1.41. The van der Waals surface area contributed by atoms with Crippen molar-refractivity contribution in [3.05, 3.63) is 0 Å². The van der Waals surface area contributed by atoms with E-state index in [1.54, 1.807) is 0 Å². The van der Waals surface area contributed by atoms with Crippen LogP contribution in [0.25, 0.3) is 0 Å². The first-order valence-corrected chi connectivity index (χ1v) is 4.77. The van der Waals surface area contributed by atoms with Gasteiger partial charge in [0.15, 0.2) is 0 Å². The van der Waals surface area contributed by atoms with E-state index in [9.17, 15) is 4.79 Å². The second-order valence-electron chi connectivity index (χ2n) is 3.07. The van der Waals surface area contributed by atoms with Crippen LogP contribution in [0, 0.1) is 0 Å². The van der Waals surface area contributed by atoms with E-state index in [4.69, 9.17) is 10.5 Å². The van der Waals surface area contributed by atoms with Crippen molar-refractivity contribution in [1.29, 1.82) is 0 Å². The first-order chi connectivity index (χ1) is 6.20. The predicted octanol–water partition coefficient (Wildman–Crippen LogP) is 0.267. The van der Waals surface area contributed by atoms with Gasteiger partial charge in [0.1, 0.15) is 0 Å². The van der Waals surface area contributed by atoms with E-state index in [-0.39, 0.29) is 11.9 Å². The average molecular weight is 188 g/mol. The summed E-state index contributed by atoms with van der Waals surface area (Å²) < 4.78 is 5.18. The summed E-state index contributed by atoms with van der Waals surface area (Å²) >= 11 is 0. The van der Waals surface area contributed by atoms with Crippen molar-refractivity contribution in [3.63, 3.8) is 0 Å². The zero-order valence-corrected chi connectivity index (χ0v) is 8.51. The van der Waals surface area contributed by atoms with Gasteiger partial charge in [0.25, 0.3) is 0 Å². The highest BCUT2D eigenvalue weighted by atomic mass is 16.5. The number of hydrogen-bond donors (Lipinski definition) is 2.